The summed E-state index contributed by atoms with van der Waals surface area (Å²) in [5.74, 6) is 0.274. The number of pyridine rings is 1. The molecule has 1 aliphatic heterocycles. The third kappa shape index (κ3) is 6.61. The molecule has 44 heavy (non-hydrogen) atoms. The molecule has 5 rings (SSSR count). The van der Waals surface area contributed by atoms with Gasteiger partial charge in [0, 0.05) is 36.6 Å². The summed E-state index contributed by atoms with van der Waals surface area (Å²) in [6.07, 6.45) is 5.15. The zero-order valence-corrected chi connectivity index (χ0v) is 27.0. The van der Waals surface area contributed by atoms with E-state index >= 15 is 0 Å². The monoisotopic (exact) mass is 612 g/mol. The van der Waals surface area contributed by atoms with Crippen molar-refractivity contribution in [1.29, 1.82) is 0 Å². The molecule has 10 heteroatoms. The highest BCUT2D eigenvalue weighted by molar-refractivity contribution is 6.72. The molecule has 1 aliphatic rings. The van der Waals surface area contributed by atoms with Crippen molar-refractivity contribution in [2.75, 3.05) is 20.2 Å². The topological polar surface area (TPSA) is 107 Å². The van der Waals surface area contributed by atoms with Gasteiger partial charge >= 0.3 is 5.97 Å². The first-order valence-electron chi connectivity index (χ1n) is 14.9. The molecule has 4 aromatic rings. The van der Waals surface area contributed by atoms with E-state index in [1.54, 1.807) is 24.5 Å². The Labute approximate surface area is 259 Å². The van der Waals surface area contributed by atoms with Crippen LogP contribution in [0, 0.1) is 0 Å². The summed E-state index contributed by atoms with van der Waals surface area (Å²) < 4.78 is 12.6. The molecule has 0 spiro atoms. The van der Waals surface area contributed by atoms with E-state index in [-0.39, 0.29) is 16.9 Å². The molecule has 0 radical (unpaired) electrons. The second-order valence-corrected chi connectivity index (χ2v) is 16.8. The van der Waals surface area contributed by atoms with Crippen LogP contribution >= 0.6 is 0 Å². The maximum absolute atomic E-state index is 14.0. The van der Waals surface area contributed by atoms with E-state index in [4.69, 9.17) is 14.6 Å². The molecule has 0 saturated heterocycles. The maximum atomic E-state index is 14.0. The van der Waals surface area contributed by atoms with E-state index in [0.29, 0.717) is 43.2 Å². The molecule has 2 aromatic carbocycles. The van der Waals surface area contributed by atoms with Gasteiger partial charge in [0.25, 0.3) is 5.91 Å². The van der Waals surface area contributed by atoms with Crippen LogP contribution in [0.1, 0.15) is 53.1 Å². The van der Waals surface area contributed by atoms with E-state index < -0.39 is 8.32 Å². The number of benzene rings is 2. The van der Waals surface area contributed by atoms with Gasteiger partial charge in [-0.3, -0.25) is 14.5 Å². The highest BCUT2D eigenvalue weighted by Gasteiger charge is 2.38. The molecule has 0 fully saturated rings. The number of fused-ring (bicyclic) bond motifs is 1. The van der Waals surface area contributed by atoms with Crippen LogP contribution in [0.2, 0.25) is 18.1 Å². The van der Waals surface area contributed by atoms with Crippen LogP contribution < -0.4 is 4.74 Å². The van der Waals surface area contributed by atoms with Crippen LogP contribution in [0.15, 0.2) is 73.1 Å². The highest BCUT2D eigenvalue weighted by atomic mass is 28.4. The van der Waals surface area contributed by atoms with Crippen molar-refractivity contribution in [3.63, 3.8) is 0 Å². The summed E-state index contributed by atoms with van der Waals surface area (Å²) in [6.45, 7) is 10.4. The summed E-state index contributed by atoms with van der Waals surface area (Å²) in [7, 11) is -0.962. The van der Waals surface area contributed by atoms with Crippen molar-refractivity contribution in [2.24, 2.45) is 0 Å². The predicted molar refractivity (Wildman–Crippen MR) is 172 cm³/mol. The van der Waals surface area contributed by atoms with Gasteiger partial charge in [-0.05, 0) is 78.5 Å². The van der Waals surface area contributed by atoms with Crippen LogP contribution in [-0.4, -0.2) is 64.9 Å². The van der Waals surface area contributed by atoms with Gasteiger partial charge in [0.05, 0.1) is 19.2 Å². The van der Waals surface area contributed by atoms with Gasteiger partial charge in [-0.2, -0.15) is 5.10 Å². The fourth-order valence-corrected chi connectivity index (χ4v) is 6.05. The van der Waals surface area contributed by atoms with E-state index in [1.165, 1.54) is 7.11 Å². The minimum absolute atomic E-state index is 0.0342. The minimum atomic E-state index is -2.32. The van der Waals surface area contributed by atoms with Crippen LogP contribution in [0.25, 0.3) is 22.4 Å². The van der Waals surface area contributed by atoms with E-state index in [1.807, 2.05) is 71.2 Å². The van der Waals surface area contributed by atoms with Crippen molar-refractivity contribution in [2.45, 2.75) is 58.0 Å². The molecule has 2 aromatic heterocycles. The number of esters is 1. The highest BCUT2D eigenvalue weighted by Crippen LogP contribution is 2.40. The largest absolute Gasteiger partial charge is 0.489 e. The molecule has 0 atom stereocenters. The number of hydrogen-bond donors (Lipinski definition) is 1. The molecule has 0 aliphatic carbocycles. The zero-order chi connectivity index (χ0) is 31.5. The van der Waals surface area contributed by atoms with Gasteiger partial charge in [0.15, 0.2) is 8.32 Å². The van der Waals surface area contributed by atoms with Crippen molar-refractivity contribution >= 4 is 20.2 Å². The number of rotatable bonds is 11. The van der Waals surface area contributed by atoms with Crippen LogP contribution in [0.5, 0.6) is 5.75 Å². The SMILES string of the molecule is COC(=O)c1ccc(COc2ccc(-c3c(-c4ccncc4)nn4c3C(=O)N(CCCC(C)(C)[Si](C)(C)O)CC4)cc2)cc1. The average Bonchev–Trinajstić information content (AvgIpc) is 3.41. The van der Waals surface area contributed by atoms with Crippen molar-refractivity contribution < 1.29 is 23.9 Å². The summed E-state index contributed by atoms with van der Waals surface area (Å²) in [6, 6.07) is 18.6. The van der Waals surface area contributed by atoms with E-state index in [0.717, 1.165) is 40.8 Å². The second kappa shape index (κ2) is 12.8. The lowest BCUT2D eigenvalue weighted by Gasteiger charge is -2.36. The standard InChI is InChI=1S/C34H40N4O5Si/c1-34(2,44(4,5)41)17-6-20-37-21-22-38-31(32(37)39)29(30(36-38)26-15-18-35-19-16-26)25-11-13-28(14-12-25)43-23-24-7-9-27(10-8-24)33(40)42-3/h7-16,18-19,41H,6,17,20-23H2,1-5H3. The zero-order valence-electron chi connectivity index (χ0n) is 26.0. The number of amides is 1. The maximum Gasteiger partial charge on any atom is 0.337 e. The first-order valence-corrected chi connectivity index (χ1v) is 17.9. The van der Waals surface area contributed by atoms with E-state index in [2.05, 4.69) is 18.8 Å². The molecule has 230 valence electrons. The lowest BCUT2D eigenvalue weighted by atomic mass is 9.98. The molecule has 1 amide bonds. The summed E-state index contributed by atoms with van der Waals surface area (Å²) in [4.78, 5) is 42.5. The number of aromatic nitrogens is 3. The van der Waals surface area contributed by atoms with Crippen LogP contribution in [-0.2, 0) is 17.9 Å². The van der Waals surface area contributed by atoms with E-state index in [9.17, 15) is 14.4 Å². The second-order valence-electron chi connectivity index (χ2n) is 12.4. The van der Waals surface area contributed by atoms with Gasteiger partial charge in [0.1, 0.15) is 23.7 Å². The summed E-state index contributed by atoms with van der Waals surface area (Å²) in [5, 5.41) is 4.77. The third-order valence-corrected chi connectivity index (χ3v) is 12.3. The molecule has 0 saturated carbocycles. The Morgan fingerprint density at radius 3 is 2.30 bits per heavy atom. The fourth-order valence-electron chi connectivity index (χ4n) is 5.26. The lowest BCUT2D eigenvalue weighted by molar-refractivity contribution is 0.0600. The Balaban J connectivity index is 1.37. The number of methoxy groups -OCH3 is 1. The quantitative estimate of drug-likeness (QED) is 0.159. The van der Waals surface area contributed by atoms with Crippen molar-refractivity contribution in [1.82, 2.24) is 19.7 Å². The molecule has 0 bridgehead atoms. The Bertz CT molecular complexity index is 1610. The van der Waals surface area contributed by atoms with Crippen LogP contribution in [0.3, 0.4) is 0 Å². The van der Waals surface area contributed by atoms with Gasteiger partial charge in [0.2, 0.25) is 0 Å². The van der Waals surface area contributed by atoms with Gasteiger partial charge < -0.3 is 19.2 Å². The lowest BCUT2D eigenvalue weighted by Crippen LogP contribution is -2.42. The summed E-state index contributed by atoms with van der Waals surface area (Å²) >= 11 is 0. The number of nitrogens with zero attached hydrogens (tertiary/aromatic N) is 4. The molecule has 0 unspecified atom stereocenters. The Kier molecular flexibility index (Phi) is 9.03. The normalized spacial score (nSPS) is 13.5. The molecule has 3 heterocycles. The molecule has 9 nitrogen and oxygen atoms in total. The molecular formula is C34H40N4O5Si. The fraction of sp³-hybridized carbons (Fsp3) is 0.353. The van der Waals surface area contributed by atoms with Crippen molar-refractivity contribution in [3.8, 4) is 28.1 Å². The van der Waals surface area contributed by atoms with Gasteiger partial charge in [-0.1, -0.05) is 38.1 Å². The smallest absolute Gasteiger partial charge is 0.337 e. The summed E-state index contributed by atoms with van der Waals surface area (Å²) in [5.41, 5.74) is 5.29. The van der Waals surface area contributed by atoms with Gasteiger partial charge in [-0.15, -0.1) is 0 Å². The number of ether oxygens (including phenoxy) is 2. The molecular weight excluding hydrogens is 572 g/mol. The first-order chi connectivity index (χ1) is 21.0. The number of hydrogen-bond acceptors (Lipinski definition) is 7. The average molecular weight is 613 g/mol. The van der Waals surface area contributed by atoms with Gasteiger partial charge in [-0.25, -0.2) is 4.79 Å². The van der Waals surface area contributed by atoms with Crippen LogP contribution in [0.4, 0.5) is 0 Å². The minimum Gasteiger partial charge on any atom is -0.489 e. The Morgan fingerprint density at radius 1 is 0.977 bits per heavy atom. The Morgan fingerprint density at radius 2 is 1.66 bits per heavy atom. The predicted octanol–water partition coefficient (Wildman–Crippen LogP) is 6.19. The number of carbonyl (C=O) groups excluding carboxylic acids is 2. The van der Waals surface area contributed by atoms with Crippen molar-refractivity contribution in [3.05, 3.63) is 89.9 Å². The number of carbonyl (C=O) groups is 2. The first kappa shape index (κ1) is 31.2. The molecule has 1 N–H and O–H groups in total. The Hall–Kier alpha value is -4.28. The third-order valence-electron chi connectivity index (χ3n) is 8.79.